The Balaban J connectivity index is 3.27. The molecule has 0 N–H and O–H groups in total. The average molecular weight is 385 g/mol. The minimum absolute atomic E-state index is 0.0000602. The van der Waals surface area contributed by atoms with E-state index in [1.807, 2.05) is 30.3 Å². The molecule has 0 atom stereocenters. The van der Waals surface area contributed by atoms with Crippen molar-refractivity contribution >= 4 is 20.0 Å². The summed E-state index contributed by atoms with van der Waals surface area (Å²) < 4.78 is 10.4. The van der Waals surface area contributed by atoms with Crippen LogP contribution in [0.15, 0.2) is 30.3 Å². The van der Waals surface area contributed by atoms with Gasteiger partial charge in [0, 0.05) is 18.4 Å². The predicted octanol–water partition coefficient (Wildman–Crippen LogP) is 3.81. The van der Waals surface area contributed by atoms with Crippen molar-refractivity contribution in [2.75, 3.05) is 13.2 Å². The van der Waals surface area contributed by atoms with Crippen LogP contribution in [-0.2, 0) is 19.1 Å². The topological polar surface area (TPSA) is 52.6 Å². The molecule has 0 bridgehead atoms. The van der Waals surface area contributed by atoms with Crippen molar-refractivity contribution in [2.45, 2.75) is 46.3 Å². The van der Waals surface area contributed by atoms with E-state index in [9.17, 15) is 9.59 Å². The molecular formula is C22H28O4Si. The maximum absolute atomic E-state index is 12.7. The van der Waals surface area contributed by atoms with E-state index in [1.54, 1.807) is 13.8 Å². The first-order valence-electron chi connectivity index (χ1n) is 9.13. The lowest BCUT2D eigenvalue weighted by atomic mass is 9.81. The maximum atomic E-state index is 12.7. The van der Waals surface area contributed by atoms with E-state index >= 15 is 0 Å². The molecular weight excluding hydrogens is 356 g/mol. The molecule has 1 aromatic carbocycles. The molecule has 0 fully saturated rings. The zero-order valence-corrected chi connectivity index (χ0v) is 17.8. The molecule has 0 saturated heterocycles. The third-order valence-corrected chi connectivity index (χ3v) is 4.51. The van der Waals surface area contributed by atoms with Gasteiger partial charge >= 0.3 is 11.9 Å². The number of rotatable bonds is 6. The minimum Gasteiger partial charge on any atom is -0.465 e. The van der Waals surface area contributed by atoms with Gasteiger partial charge in [0.05, 0.1) is 13.2 Å². The van der Waals surface area contributed by atoms with Gasteiger partial charge in [-0.1, -0.05) is 49.7 Å². The number of carbonyl (C=O) groups excluding carboxylic acids is 2. The first kappa shape index (κ1) is 22.5. The number of hydrogen-bond donors (Lipinski definition) is 0. The van der Waals surface area contributed by atoms with Crippen molar-refractivity contribution < 1.29 is 19.1 Å². The number of benzene rings is 1. The summed E-state index contributed by atoms with van der Waals surface area (Å²) >= 11 is 0. The molecule has 0 aliphatic rings. The van der Waals surface area contributed by atoms with E-state index in [2.05, 4.69) is 42.9 Å². The van der Waals surface area contributed by atoms with Crippen LogP contribution >= 0.6 is 0 Å². The van der Waals surface area contributed by atoms with Gasteiger partial charge in [-0.15, -0.1) is 11.5 Å². The van der Waals surface area contributed by atoms with Crippen LogP contribution in [-0.4, -0.2) is 33.2 Å². The van der Waals surface area contributed by atoms with Crippen molar-refractivity contribution in [3.63, 3.8) is 0 Å². The van der Waals surface area contributed by atoms with Crippen LogP contribution in [0.2, 0.25) is 19.6 Å². The maximum Gasteiger partial charge on any atom is 0.325 e. The van der Waals surface area contributed by atoms with E-state index in [-0.39, 0.29) is 26.1 Å². The molecule has 0 aliphatic heterocycles. The molecule has 0 unspecified atom stereocenters. The Bertz CT molecular complexity index is 737. The van der Waals surface area contributed by atoms with Gasteiger partial charge in [0.2, 0.25) is 0 Å². The SMILES string of the molecule is CCOC(=O)C(CC#Cc1ccccc1)(CC#C[Si](C)(C)C)C(=O)OCC. The fraction of sp³-hybridized carbons (Fsp3) is 0.455. The molecule has 0 amide bonds. The number of hydrogen-bond acceptors (Lipinski definition) is 4. The van der Waals surface area contributed by atoms with Gasteiger partial charge in [0.25, 0.3) is 0 Å². The summed E-state index contributed by atoms with van der Waals surface area (Å²) in [5.74, 6) is 7.73. The van der Waals surface area contributed by atoms with E-state index in [0.717, 1.165) is 5.56 Å². The summed E-state index contributed by atoms with van der Waals surface area (Å²) in [7, 11) is -1.65. The second kappa shape index (κ2) is 10.6. The Morgan fingerprint density at radius 3 is 1.93 bits per heavy atom. The predicted molar refractivity (Wildman–Crippen MR) is 109 cm³/mol. The van der Waals surface area contributed by atoms with Gasteiger partial charge in [-0.25, -0.2) is 0 Å². The Kier molecular flexibility index (Phi) is 8.85. The van der Waals surface area contributed by atoms with Gasteiger partial charge in [0.1, 0.15) is 8.07 Å². The molecule has 1 aromatic rings. The first-order chi connectivity index (χ1) is 12.7. The van der Waals surface area contributed by atoms with E-state index < -0.39 is 25.4 Å². The van der Waals surface area contributed by atoms with E-state index in [4.69, 9.17) is 9.47 Å². The zero-order valence-electron chi connectivity index (χ0n) is 16.8. The number of ether oxygens (including phenoxy) is 2. The Labute approximate surface area is 163 Å². The fourth-order valence-electron chi connectivity index (χ4n) is 2.25. The molecule has 0 saturated carbocycles. The highest BCUT2D eigenvalue weighted by Gasteiger charge is 2.48. The highest BCUT2D eigenvalue weighted by Crippen LogP contribution is 2.30. The summed E-state index contributed by atoms with van der Waals surface area (Å²) in [6, 6.07) is 9.41. The molecule has 0 aliphatic carbocycles. The van der Waals surface area contributed by atoms with E-state index in [0.29, 0.717) is 0 Å². The number of esters is 2. The molecule has 27 heavy (non-hydrogen) atoms. The van der Waals surface area contributed by atoms with Crippen LogP contribution in [0.25, 0.3) is 0 Å². The second-order valence-corrected chi connectivity index (χ2v) is 11.8. The summed E-state index contributed by atoms with van der Waals surface area (Å²) in [6.45, 7) is 10.1. The molecule has 0 heterocycles. The van der Waals surface area contributed by atoms with E-state index in [1.165, 1.54) is 0 Å². The van der Waals surface area contributed by atoms with Crippen molar-refractivity contribution in [2.24, 2.45) is 5.41 Å². The minimum atomic E-state index is -1.65. The Morgan fingerprint density at radius 2 is 1.44 bits per heavy atom. The summed E-state index contributed by atoms with van der Waals surface area (Å²) in [5.41, 5.74) is 2.49. The summed E-state index contributed by atoms with van der Waals surface area (Å²) in [4.78, 5) is 25.5. The van der Waals surface area contributed by atoms with Gasteiger partial charge in [-0.05, 0) is 26.0 Å². The first-order valence-corrected chi connectivity index (χ1v) is 12.6. The van der Waals surface area contributed by atoms with Crippen molar-refractivity contribution in [3.8, 4) is 23.3 Å². The second-order valence-electron chi connectivity index (χ2n) is 7.10. The smallest absolute Gasteiger partial charge is 0.325 e. The van der Waals surface area contributed by atoms with Crippen LogP contribution in [0.5, 0.6) is 0 Å². The lowest BCUT2D eigenvalue weighted by molar-refractivity contribution is -0.171. The molecule has 5 heteroatoms. The van der Waals surface area contributed by atoms with Gasteiger partial charge < -0.3 is 9.47 Å². The van der Waals surface area contributed by atoms with Gasteiger partial charge in [-0.3, -0.25) is 9.59 Å². The lowest BCUT2D eigenvalue weighted by Gasteiger charge is -2.25. The third-order valence-electron chi connectivity index (χ3n) is 3.58. The molecule has 4 nitrogen and oxygen atoms in total. The highest BCUT2D eigenvalue weighted by molar-refractivity contribution is 6.83. The van der Waals surface area contributed by atoms with Crippen molar-refractivity contribution in [1.29, 1.82) is 0 Å². The van der Waals surface area contributed by atoms with Crippen molar-refractivity contribution in [1.82, 2.24) is 0 Å². The molecule has 0 spiro atoms. The van der Waals surface area contributed by atoms with Crippen LogP contribution in [0.1, 0.15) is 32.3 Å². The van der Waals surface area contributed by atoms with Crippen molar-refractivity contribution in [3.05, 3.63) is 35.9 Å². The average Bonchev–Trinajstić information content (AvgIpc) is 2.60. The largest absolute Gasteiger partial charge is 0.465 e. The standard InChI is InChI=1S/C22H28O4Si/c1-6-25-20(23)22(21(24)26-7-2,17-12-18-27(3,4)5)16-11-15-19-13-9-8-10-14-19/h8-10,13-14H,6-7,16-17H2,1-5H3. The number of carbonyl (C=O) groups is 2. The Hall–Kier alpha value is -2.50. The highest BCUT2D eigenvalue weighted by atomic mass is 28.3. The summed E-state index contributed by atoms with van der Waals surface area (Å²) in [6.07, 6.45) is 0.0400. The van der Waals surface area contributed by atoms with Crippen LogP contribution in [0, 0.1) is 28.7 Å². The molecule has 1 rings (SSSR count). The molecule has 0 radical (unpaired) electrons. The third kappa shape index (κ3) is 7.33. The monoisotopic (exact) mass is 384 g/mol. The lowest BCUT2D eigenvalue weighted by Crippen LogP contribution is -2.42. The molecule has 144 valence electrons. The fourth-order valence-corrected chi connectivity index (χ4v) is 2.87. The molecule has 0 aromatic heterocycles. The van der Waals surface area contributed by atoms with Crippen LogP contribution in [0.3, 0.4) is 0 Å². The van der Waals surface area contributed by atoms with Crippen LogP contribution < -0.4 is 0 Å². The van der Waals surface area contributed by atoms with Gasteiger partial charge in [0.15, 0.2) is 5.41 Å². The summed E-state index contributed by atoms with van der Waals surface area (Å²) in [5, 5.41) is 0. The quantitative estimate of drug-likeness (QED) is 0.324. The van der Waals surface area contributed by atoms with Gasteiger partial charge in [-0.2, -0.15) is 0 Å². The van der Waals surface area contributed by atoms with Crippen LogP contribution in [0.4, 0.5) is 0 Å². The normalized spacial score (nSPS) is 10.7. The zero-order chi connectivity index (χ0) is 20.3. The Morgan fingerprint density at radius 1 is 0.926 bits per heavy atom.